The van der Waals surface area contributed by atoms with E-state index in [0.29, 0.717) is 6.42 Å². The molecule has 1 rings (SSSR count). The van der Waals surface area contributed by atoms with Gasteiger partial charge in [-0.05, 0) is 44.9 Å². The van der Waals surface area contributed by atoms with Crippen LogP contribution in [0.2, 0.25) is 0 Å². The highest BCUT2D eigenvalue weighted by Gasteiger charge is 2.41. The largest absolute Gasteiger partial charge is 0.480 e. The summed E-state index contributed by atoms with van der Waals surface area (Å²) in [4.78, 5) is 130. The first-order chi connectivity index (χ1) is 28.4. The number of likely N-dealkylation sites (tertiary alicyclic amines) is 1. The highest BCUT2D eigenvalue weighted by Crippen LogP contribution is 2.21. The molecule has 0 bridgehead atoms. The fourth-order valence-corrected chi connectivity index (χ4v) is 6.05. The number of nitrogens with two attached hydrogens (primary N) is 2. The molecule has 1 fully saturated rings. The van der Waals surface area contributed by atoms with E-state index in [2.05, 4.69) is 26.6 Å². The lowest BCUT2D eigenvalue weighted by atomic mass is 10.0. The fourth-order valence-electron chi connectivity index (χ4n) is 6.05. The average Bonchev–Trinajstić information content (AvgIpc) is 3.68. The zero-order chi connectivity index (χ0) is 46.9. The number of carboxylic acids is 1. The van der Waals surface area contributed by atoms with Gasteiger partial charge in [0.15, 0.2) is 6.04 Å². The van der Waals surface area contributed by atoms with Crippen LogP contribution < -0.4 is 48.7 Å². The quantitative estimate of drug-likeness (QED) is 0.0405. The van der Waals surface area contributed by atoms with Gasteiger partial charge < -0.3 is 79.1 Å². The third-order valence-electron chi connectivity index (χ3n) is 9.57. The maximum atomic E-state index is 13.7. The van der Waals surface area contributed by atoms with Gasteiger partial charge in [-0.3, -0.25) is 43.2 Å². The van der Waals surface area contributed by atoms with Gasteiger partial charge in [0.1, 0.15) is 42.3 Å². The second-order valence-corrected chi connectivity index (χ2v) is 15.3. The molecule has 16 N–H and O–H groups in total. The van der Waals surface area contributed by atoms with Crippen LogP contribution in [0.15, 0.2) is 0 Å². The maximum Gasteiger partial charge on any atom is 0.328 e. The number of hydrogen-bond donors (Lipinski definition) is 14. The number of aliphatic hydroxyl groups excluding tert-OH is 4. The minimum atomic E-state index is -1.88. The molecule has 10 atom stereocenters. The Balaban J connectivity index is 3.19. The Morgan fingerprint density at radius 1 is 0.623 bits per heavy atom. The van der Waals surface area contributed by atoms with Crippen molar-refractivity contribution in [2.24, 2.45) is 23.3 Å². The second kappa shape index (κ2) is 25.3. The summed E-state index contributed by atoms with van der Waals surface area (Å²) in [6.45, 7) is 6.16. The Morgan fingerprint density at radius 3 is 1.51 bits per heavy atom. The zero-order valence-electron chi connectivity index (χ0n) is 35.0. The molecule has 61 heavy (non-hydrogen) atoms. The van der Waals surface area contributed by atoms with Crippen molar-refractivity contribution in [1.29, 1.82) is 0 Å². The van der Waals surface area contributed by atoms with E-state index in [-0.39, 0.29) is 38.3 Å². The second-order valence-electron chi connectivity index (χ2n) is 15.3. The maximum absolute atomic E-state index is 13.7. The first-order valence-electron chi connectivity index (χ1n) is 19.6. The van der Waals surface area contributed by atoms with Crippen molar-refractivity contribution in [3.63, 3.8) is 0 Å². The lowest BCUT2D eigenvalue weighted by molar-refractivity contribution is -0.145. The molecule has 0 aromatic carbocycles. The molecule has 1 aliphatic heterocycles. The molecule has 0 aromatic heterocycles. The van der Waals surface area contributed by atoms with E-state index in [1.54, 1.807) is 13.8 Å². The summed E-state index contributed by atoms with van der Waals surface area (Å²) < 4.78 is 0. The SMILES string of the molecule is CC(C)[C@H](NC(=O)[C@H](CCC(N)=O)NC(=O)[C@@H]1CCCN1C(=O)[C@@H](NC(=O)CN)C(C)C)C(=O)N[C@@H](CO)C(=O)N[C@H](C(=O)N[C@@H](CO)C(=O)N[C@H](C(=O)O)[C@@H](C)O)[C@@H](C)O. The van der Waals surface area contributed by atoms with E-state index in [9.17, 15) is 73.5 Å². The number of aliphatic carboxylic acids is 1. The molecular weight excluding hydrogens is 812 g/mol. The van der Waals surface area contributed by atoms with Gasteiger partial charge in [0.25, 0.3) is 0 Å². The Kier molecular flexibility index (Phi) is 22.2. The summed E-state index contributed by atoms with van der Waals surface area (Å²) in [5, 5.41) is 64.7. The van der Waals surface area contributed by atoms with Gasteiger partial charge in [-0.2, -0.15) is 0 Å². The van der Waals surface area contributed by atoms with Crippen LogP contribution in [0.1, 0.15) is 67.2 Å². The minimum absolute atomic E-state index is 0.161. The summed E-state index contributed by atoms with van der Waals surface area (Å²) in [5.41, 5.74) is 10.7. The minimum Gasteiger partial charge on any atom is -0.480 e. The smallest absolute Gasteiger partial charge is 0.328 e. The summed E-state index contributed by atoms with van der Waals surface area (Å²) >= 11 is 0. The van der Waals surface area contributed by atoms with Crippen LogP contribution in [0.3, 0.4) is 0 Å². The van der Waals surface area contributed by atoms with Crippen molar-refractivity contribution in [1.82, 2.24) is 42.1 Å². The Morgan fingerprint density at radius 2 is 1.08 bits per heavy atom. The van der Waals surface area contributed by atoms with Gasteiger partial charge >= 0.3 is 5.97 Å². The number of carboxylic acid groups (broad SMARTS) is 1. The molecule has 0 aromatic rings. The first-order valence-corrected chi connectivity index (χ1v) is 19.6. The van der Waals surface area contributed by atoms with Crippen molar-refractivity contribution >= 4 is 59.1 Å². The molecule has 0 saturated carbocycles. The summed E-state index contributed by atoms with van der Waals surface area (Å²) in [7, 11) is 0. The number of carbonyl (C=O) groups is 10. The Hall–Kier alpha value is -5.50. The lowest BCUT2D eigenvalue weighted by Gasteiger charge is -2.31. The van der Waals surface area contributed by atoms with Crippen LogP contribution in [0.5, 0.6) is 0 Å². The molecule has 0 unspecified atom stereocenters. The molecule has 25 heteroatoms. The number of aliphatic hydroxyl groups is 4. The van der Waals surface area contributed by atoms with Gasteiger partial charge in [-0.15, -0.1) is 0 Å². The summed E-state index contributed by atoms with van der Waals surface area (Å²) in [6.07, 6.45) is -3.37. The van der Waals surface area contributed by atoms with Crippen molar-refractivity contribution in [3.8, 4) is 0 Å². The third kappa shape index (κ3) is 16.5. The number of carbonyl (C=O) groups excluding carboxylic acids is 9. The molecule has 0 radical (unpaired) electrons. The van der Waals surface area contributed by atoms with Crippen LogP contribution >= 0.6 is 0 Å². The molecule has 1 aliphatic rings. The third-order valence-corrected chi connectivity index (χ3v) is 9.57. The first kappa shape index (κ1) is 53.5. The fraction of sp³-hybridized carbons (Fsp3) is 0.722. The standard InChI is InChI=1S/C36H62N10O15/c1-15(2)25(33(57)40-20(13-47)30(54)44-27(17(5)49)34(58)41-21(14-48)31(55)45-28(18(6)50)36(60)61)43-29(53)19(9-10-23(38)51)39-32(56)22-8-7-11-46(22)35(59)26(16(3)4)42-24(52)12-37/h15-22,25-28,47-50H,7-14,37H2,1-6H3,(H2,38,51)(H,39,56)(H,40,57)(H,41,58)(H,42,52)(H,43,53)(H,44,54)(H,45,55)(H,60,61)/t17-,18-,19+,20+,21+,22+,25+,26+,27+,28+/m1/s1. The molecule has 346 valence electrons. The van der Waals surface area contributed by atoms with Crippen molar-refractivity contribution in [2.75, 3.05) is 26.3 Å². The van der Waals surface area contributed by atoms with Crippen LogP contribution in [0.25, 0.3) is 0 Å². The van der Waals surface area contributed by atoms with Gasteiger partial charge in [0.2, 0.25) is 53.2 Å². The molecule has 0 aliphatic carbocycles. The highest BCUT2D eigenvalue weighted by atomic mass is 16.4. The van der Waals surface area contributed by atoms with E-state index >= 15 is 0 Å². The topological polar surface area (TPSA) is 411 Å². The van der Waals surface area contributed by atoms with Crippen LogP contribution in [-0.4, -0.2) is 176 Å². The molecule has 0 spiro atoms. The van der Waals surface area contributed by atoms with E-state index in [1.807, 2.05) is 10.6 Å². The summed E-state index contributed by atoms with van der Waals surface area (Å²) in [6, 6.07) is -12.3. The lowest BCUT2D eigenvalue weighted by Crippen LogP contribution is -2.63. The highest BCUT2D eigenvalue weighted by molar-refractivity contribution is 5.98. The van der Waals surface area contributed by atoms with Crippen molar-refractivity contribution < 1.29 is 73.5 Å². The van der Waals surface area contributed by atoms with Crippen molar-refractivity contribution in [2.45, 2.75) is 128 Å². The van der Waals surface area contributed by atoms with E-state index in [4.69, 9.17) is 11.5 Å². The molecule has 25 nitrogen and oxygen atoms in total. The summed E-state index contributed by atoms with van der Waals surface area (Å²) in [5.74, 6) is -11.2. The van der Waals surface area contributed by atoms with Gasteiger partial charge in [0.05, 0.1) is 32.0 Å². The van der Waals surface area contributed by atoms with E-state index < -0.39 is 139 Å². The van der Waals surface area contributed by atoms with Crippen LogP contribution in [0.4, 0.5) is 0 Å². The Bertz CT molecular complexity index is 1590. The zero-order valence-corrected chi connectivity index (χ0v) is 35.0. The number of primary amides is 1. The Labute approximate surface area is 351 Å². The molecule has 1 saturated heterocycles. The predicted octanol–water partition coefficient (Wildman–Crippen LogP) is -7.26. The van der Waals surface area contributed by atoms with Gasteiger partial charge in [-0.25, -0.2) is 4.79 Å². The predicted molar refractivity (Wildman–Crippen MR) is 211 cm³/mol. The van der Waals surface area contributed by atoms with Gasteiger partial charge in [0, 0.05) is 13.0 Å². The number of nitrogens with one attached hydrogen (secondary N) is 7. The monoisotopic (exact) mass is 874 g/mol. The van der Waals surface area contributed by atoms with E-state index in [1.165, 1.54) is 18.7 Å². The molecular formula is C36H62N10O15. The van der Waals surface area contributed by atoms with Crippen LogP contribution in [-0.2, 0) is 47.9 Å². The number of amides is 9. The van der Waals surface area contributed by atoms with E-state index in [0.717, 1.165) is 13.8 Å². The van der Waals surface area contributed by atoms with Crippen LogP contribution in [0, 0.1) is 11.8 Å². The molecule has 9 amide bonds. The van der Waals surface area contributed by atoms with Gasteiger partial charge in [-0.1, -0.05) is 27.7 Å². The molecule has 1 heterocycles. The van der Waals surface area contributed by atoms with Crippen molar-refractivity contribution in [3.05, 3.63) is 0 Å². The number of rotatable bonds is 25. The normalized spacial score (nSPS) is 18.2. The average molecular weight is 875 g/mol. The number of hydrogen-bond acceptors (Lipinski definition) is 15. The number of nitrogens with zero attached hydrogens (tertiary/aromatic N) is 1.